The lowest BCUT2D eigenvalue weighted by atomic mass is 9.89. The Bertz CT molecular complexity index is 1390. The fraction of sp³-hybridized carbons (Fsp3) is 1.00. The predicted octanol–water partition coefficient (Wildman–Crippen LogP) is 11.4. The zero-order valence-electron chi connectivity index (χ0n) is 43.8. The smallest absolute Gasteiger partial charge is 0.192 e. The summed E-state index contributed by atoms with van der Waals surface area (Å²) in [5.74, 6) is -1.84. The molecule has 0 aliphatic carbocycles. The molecule has 4 saturated heterocycles. The van der Waals surface area contributed by atoms with Gasteiger partial charge in [-0.15, -0.1) is 0 Å². The summed E-state index contributed by atoms with van der Waals surface area (Å²) in [6.07, 6.45) is 8.80. The Kier molecular flexibility index (Phi) is 19.2. The Labute approximate surface area is 387 Å². The van der Waals surface area contributed by atoms with Crippen LogP contribution in [0.15, 0.2) is 0 Å². The van der Waals surface area contributed by atoms with E-state index >= 15 is 0 Å². The van der Waals surface area contributed by atoms with E-state index in [0.29, 0.717) is 6.42 Å². The van der Waals surface area contributed by atoms with Crippen LogP contribution in [0.2, 0.25) is 36.3 Å². The number of hydrogen-bond acceptors (Lipinski definition) is 11. The van der Waals surface area contributed by atoms with E-state index in [-0.39, 0.29) is 95.7 Å². The largest absolute Gasteiger partial charge is 0.414 e. The number of rotatable bonds is 19. The van der Waals surface area contributed by atoms with Gasteiger partial charge in [0.25, 0.3) is 0 Å². The molecule has 4 rings (SSSR count). The van der Waals surface area contributed by atoms with E-state index in [2.05, 4.69) is 88.5 Å². The van der Waals surface area contributed by atoms with Crippen LogP contribution in [0.1, 0.15) is 181 Å². The molecule has 4 fully saturated rings. The second-order valence-corrected chi connectivity index (χ2v) is 34.5. The van der Waals surface area contributed by atoms with Crippen LogP contribution in [0.3, 0.4) is 0 Å². The van der Waals surface area contributed by atoms with Crippen LogP contribution >= 0.6 is 0 Å². The maximum atomic E-state index is 10.9. The van der Waals surface area contributed by atoms with Crippen LogP contribution < -0.4 is 0 Å². The first kappa shape index (κ1) is 55.6. The van der Waals surface area contributed by atoms with Crippen molar-refractivity contribution in [2.75, 3.05) is 6.61 Å². The Balaban J connectivity index is 1.41. The van der Waals surface area contributed by atoms with Gasteiger partial charge in [-0.05, 0) is 128 Å². The molecule has 0 radical (unpaired) electrons. The van der Waals surface area contributed by atoms with E-state index in [1.165, 1.54) is 0 Å². The summed E-state index contributed by atoms with van der Waals surface area (Å²) in [5, 5.41) is 20.9. The van der Waals surface area contributed by atoms with Crippen molar-refractivity contribution >= 4 is 16.6 Å². The SMILES string of the molecule is CC(C)[C@H](O)[C@@H](C)CC[C@@H](C[C@H]1C[C@@H](C[C@@H]2C[C@H](C[C@H]3C[C@H](C[C@H]4C[C@@H](O[Si](C)(C)C(C)(C)C)C[C@@H](CCO)O4)OC(C)(C)O3)OC(C)(C)O2)OC(C)(C)O1)O[Si](C)(C)C(C)(C)C. The van der Waals surface area contributed by atoms with Gasteiger partial charge in [0, 0.05) is 57.3 Å². The standard InChI is InChI=1S/C50H98O11Si2/c1-33(2)45(52)34(3)20-21-36(60-62(16,17)46(4,5)6)25-38-28-40(56-48(10,11)54-38)30-42-32-43(59-50(14,15)58-42)31-41-29-39(55-49(12,13)57-41)26-37-27-44(24-35(53-37)22-23-51)61-63(18,19)47(7,8)9/h33-45,51-52H,20-32H2,1-19H3/t34-,35+,36-,37-,38-,39-,40-,41+,42+,43-,44-,45-/m0/s1. The first-order chi connectivity index (χ1) is 28.7. The number of hydrogen-bond donors (Lipinski definition) is 2. The monoisotopic (exact) mass is 931 g/mol. The van der Waals surface area contributed by atoms with Crippen LogP contribution in [0.25, 0.3) is 0 Å². The molecule has 63 heavy (non-hydrogen) atoms. The van der Waals surface area contributed by atoms with Gasteiger partial charge in [0.05, 0.1) is 54.9 Å². The fourth-order valence-corrected chi connectivity index (χ4v) is 12.8. The normalized spacial score (nSPS) is 33.5. The molecule has 13 heteroatoms. The quantitative estimate of drug-likeness (QED) is 0.120. The highest BCUT2D eigenvalue weighted by Gasteiger charge is 2.47. The molecule has 0 spiro atoms. The minimum atomic E-state index is -2.07. The van der Waals surface area contributed by atoms with Gasteiger partial charge in [-0.25, -0.2) is 0 Å². The zero-order valence-corrected chi connectivity index (χ0v) is 45.8. The zero-order chi connectivity index (χ0) is 47.6. The van der Waals surface area contributed by atoms with Crippen molar-refractivity contribution in [3.05, 3.63) is 0 Å². The molecule has 0 aromatic rings. The van der Waals surface area contributed by atoms with Crippen molar-refractivity contribution in [3.8, 4) is 0 Å². The Hall–Kier alpha value is -0.00623. The molecule has 2 N–H and O–H groups in total. The third-order valence-electron chi connectivity index (χ3n) is 15.0. The molecule has 11 nitrogen and oxygen atoms in total. The molecule has 4 aliphatic rings. The lowest BCUT2D eigenvalue weighted by Crippen LogP contribution is -2.52. The highest BCUT2D eigenvalue weighted by atomic mass is 28.4. The second kappa shape index (κ2) is 21.7. The van der Waals surface area contributed by atoms with Gasteiger partial charge in [0.15, 0.2) is 34.0 Å². The second-order valence-electron chi connectivity index (χ2n) is 24.9. The molecule has 4 heterocycles. The highest BCUT2D eigenvalue weighted by Crippen LogP contribution is 2.43. The van der Waals surface area contributed by atoms with Gasteiger partial charge >= 0.3 is 0 Å². The highest BCUT2D eigenvalue weighted by molar-refractivity contribution is 6.74. The minimum Gasteiger partial charge on any atom is -0.414 e. The van der Waals surface area contributed by atoms with Gasteiger partial charge in [0.1, 0.15) is 0 Å². The molecule has 0 aromatic heterocycles. The van der Waals surface area contributed by atoms with E-state index in [4.69, 9.17) is 42.0 Å². The van der Waals surface area contributed by atoms with E-state index in [1.807, 2.05) is 41.5 Å². The lowest BCUT2D eigenvalue weighted by Gasteiger charge is -2.47. The van der Waals surface area contributed by atoms with Crippen molar-refractivity contribution in [1.29, 1.82) is 0 Å². The fourth-order valence-electron chi connectivity index (χ4n) is 10.0. The molecule has 0 unspecified atom stereocenters. The molecule has 0 bridgehead atoms. The lowest BCUT2D eigenvalue weighted by molar-refractivity contribution is -0.336. The van der Waals surface area contributed by atoms with Gasteiger partial charge in [0.2, 0.25) is 0 Å². The molecular weight excluding hydrogens is 833 g/mol. The molecule has 0 aromatic carbocycles. The van der Waals surface area contributed by atoms with E-state index < -0.39 is 34.0 Å². The van der Waals surface area contributed by atoms with E-state index in [1.54, 1.807) is 0 Å². The molecule has 0 amide bonds. The van der Waals surface area contributed by atoms with Crippen molar-refractivity contribution in [2.24, 2.45) is 11.8 Å². The van der Waals surface area contributed by atoms with Gasteiger partial charge in [-0.3, -0.25) is 0 Å². The summed E-state index contributed by atoms with van der Waals surface area (Å²) in [7, 11) is -4.05. The topological polar surface area (TPSA) is 124 Å². The van der Waals surface area contributed by atoms with E-state index in [9.17, 15) is 10.2 Å². The molecular formula is C50H98O11Si2. The third-order valence-corrected chi connectivity index (χ3v) is 24.1. The first-order valence-electron chi connectivity index (χ1n) is 25.0. The van der Waals surface area contributed by atoms with Crippen LogP contribution in [0.5, 0.6) is 0 Å². The number of aliphatic hydroxyl groups is 2. The molecule has 4 aliphatic heterocycles. The van der Waals surface area contributed by atoms with Gasteiger partial charge in [-0.1, -0.05) is 62.3 Å². The van der Waals surface area contributed by atoms with Crippen molar-refractivity contribution in [1.82, 2.24) is 0 Å². The maximum absolute atomic E-state index is 10.9. The Morgan fingerprint density at radius 1 is 0.571 bits per heavy atom. The van der Waals surface area contributed by atoms with Crippen LogP contribution in [-0.2, 0) is 42.0 Å². The summed E-state index contributed by atoms with van der Waals surface area (Å²) in [6.45, 7) is 41.6. The van der Waals surface area contributed by atoms with Crippen LogP contribution in [-0.4, -0.2) is 118 Å². The summed E-state index contributed by atoms with van der Waals surface area (Å²) >= 11 is 0. The average Bonchev–Trinajstić information content (AvgIpc) is 3.06. The van der Waals surface area contributed by atoms with Crippen molar-refractivity contribution in [3.63, 3.8) is 0 Å². The molecule has 12 atom stereocenters. The minimum absolute atomic E-state index is 0.0185. The third kappa shape index (κ3) is 17.2. The Morgan fingerprint density at radius 3 is 1.38 bits per heavy atom. The maximum Gasteiger partial charge on any atom is 0.192 e. The number of aliphatic hydroxyl groups excluding tert-OH is 2. The Morgan fingerprint density at radius 2 is 0.968 bits per heavy atom. The molecule has 0 saturated carbocycles. The van der Waals surface area contributed by atoms with Crippen molar-refractivity contribution < 1.29 is 52.2 Å². The average molecular weight is 931 g/mol. The number of ether oxygens (including phenoxy) is 7. The molecule has 372 valence electrons. The first-order valence-corrected chi connectivity index (χ1v) is 30.9. The summed E-state index contributed by atoms with van der Waals surface area (Å²) in [5.41, 5.74) is 0. The van der Waals surface area contributed by atoms with Crippen molar-refractivity contribution in [2.45, 2.75) is 302 Å². The van der Waals surface area contributed by atoms with Gasteiger partial charge in [-0.2, -0.15) is 0 Å². The van der Waals surface area contributed by atoms with E-state index in [0.717, 1.165) is 70.6 Å². The summed E-state index contributed by atoms with van der Waals surface area (Å²) < 4.78 is 60.5. The summed E-state index contributed by atoms with van der Waals surface area (Å²) in [6, 6.07) is 0. The predicted molar refractivity (Wildman–Crippen MR) is 257 cm³/mol. The van der Waals surface area contributed by atoms with Crippen LogP contribution in [0.4, 0.5) is 0 Å². The van der Waals surface area contributed by atoms with Gasteiger partial charge < -0.3 is 52.2 Å². The van der Waals surface area contributed by atoms with Crippen LogP contribution in [0, 0.1) is 11.8 Å². The summed E-state index contributed by atoms with van der Waals surface area (Å²) in [4.78, 5) is 0.